The average molecular weight is 435 g/mol. The van der Waals surface area contributed by atoms with Crippen molar-refractivity contribution in [1.29, 1.82) is 5.26 Å². The van der Waals surface area contributed by atoms with Gasteiger partial charge in [-0.25, -0.2) is 9.98 Å². The molecule has 0 aromatic carbocycles. The van der Waals surface area contributed by atoms with E-state index < -0.39 is 0 Å². The molecule has 0 spiro atoms. The Kier molecular flexibility index (Phi) is 7.50. The van der Waals surface area contributed by atoms with Gasteiger partial charge in [0.1, 0.15) is 6.23 Å². The van der Waals surface area contributed by atoms with Crippen LogP contribution in [0.15, 0.2) is 16.1 Å². The van der Waals surface area contributed by atoms with Crippen LogP contribution in [-0.4, -0.2) is 63.3 Å². The molecular weight excluding hydrogens is 409 g/mol. The van der Waals surface area contributed by atoms with Crippen LogP contribution in [0, 0.1) is 11.3 Å². The molecular formula is C18H26N7O4P. The number of imidazole rings is 1. The van der Waals surface area contributed by atoms with Gasteiger partial charge in [-0.05, 0) is 6.42 Å². The van der Waals surface area contributed by atoms with Crippen LogP contribution in [-0.2, 0) is 20.8 Å². The summed E-state index contributed by atoms with van der Waals surface area (Å²) in [6, 6.07) is 2.03. The highest BCUT2D eigenvalue weighted by molar-refractivity contribution is 7.26. The van der Waals surface area contributed by atoms with Crippen LogP contribution < -0.4 is 5.56 Å². The molecule has 1 unspecified atom stereocenters. The number of nitriles is 1. The van der Waals surface area contributed by atoms with E-state index in [4.69, 9.17) is 19.0 Å². The van der Waals surface area contributed by atoms with E-state index in [1.54, 1.807) is 29.2 Å². The predicted molar refractivity (Wildman–Crippen MR) is 113 cm³/mol. The lowest BCUT2D eigenvalue weighted by Crippen LogP contribution is -2.21. The molecule has 2 aromatic rings. The third kappa shape index (κ3) is 4.84. The molecule has 1 aliphatic rings. The molecule has 0 aliphatic carbocycles. The summed E-state index contributed by atoms with van der Waals surface area (Å²) < 4.78 is 20.5. The second kappa shape index (κ2) is 10.1. The zero-order chi connectivity index (χ0) is 21.7. The number of ether oxygens (including phenoxy) is 1. The fourth-order valence-electron chi connectivity index (χ4n) is 3.12. The number of aliphatic imine (C=N–C) groups is 1. The van der Waals surface area contributed by atoms with Crippen molar-refractivity contribution in [3.63, 3.8) is 0 Å². The molecule has 2 aromatic heterocycles. The monoisotopic (exact) mass is 435 g/mol. The Morgan fingerprint density at radius 2 is 2.33 bits per heavy atom. The number of fused-ring (bicyclic) bond motifs is 1. The summed E-state index contributed by atoms with van der Waals surface area (Å²) in [6.07, 6.45) is 4.20. The van der Waals surface area contributed by atoms with Gasteiger partial charge in [0.25, 0.3) is 5.56 Å². The molecule has 0 amide bonds. The Morgan fingerprint density at radius 1 is 1.53 bits per heavy atom. The average Bonchev–Trinajstić information content (AvgIpc) is 3.33. The van der Waals surface area contributed by atoms with Crippen molar-refractivity contribution < 1.29 is 13.8 Å². The first-order chi connectivity index (χ1) is 14.5. The Balaban J connectivity index is 1.82. The minimum Gasteiger partial charge on any atom is -0.369 e. The summed E-state index contributed by atoms with van der Waals surface area (Å²) >= 11 is 0. The van der Waals surface area contributed by atoms with Crippen LogP contribution in [0.4, 0.5) is 5.95 Å². The van der Waals surface area contributed by atoms with Gasteiger partial charge in [-0.1, -0.05) is 6.92 Å². The summed E-state index contributed by atoms with van der Waals surface area (Å²) in [4.78, 5) is 27.5. The molecule has 3 heterocycles. The van der Waals surface area contributed by atoms with E-state index in [0.29, 0.717) is 25.1 Å². The van der Waals surface area contributed by atoms with E-state index in [2.05, 4.69) is 15.0 Å². The van der Waals surface area contributed by atoms with Gasteiger partial charge in [-0.2, -0.15) is 10.2 Å². The second-order valence-corrected chi connectivity index (χ2v) is 7.77. The second-order valence-electron chi connectivity index (χ2n) is 7.08. The Labute approximate surface area is 176 Å². The van der Waals surface area contributed by atoms with Crippen molar-refractivity contribution in [2.24, 2.45) is 12.0 Å². The fourth-order valence-corrected chi connectivity index (χ4v) is 3.75. The maximum atomic E-state index is 12.7. The van der Waals surface area contributed by atoms with E-state index in [1.807, 2.05) is 27.1 Å². The topological polar surface area (TPSA) is 120 Å². The lowest BCUT2D eigenvalue weighted by Gasteiger charge is -2.16. The summed E-state index contributed by atoms with van der Waals surface area (Å²) in [7, 11) is 5.14. The van der Waals surface area contributed by atoms with Gasteiger partial charge in [-0.3, -0.25) is 13.9 Å². The van der Waals surface area contributed by atoms with Crippen molar-refractivity contribution in [2.45, 2.75) is 44.6 Å². The van der Waals surface area contributed by atoms with Crippen molar-refractivity contribution in [2.75, 3.05) is 20.7 Å². The fraction of sp³-hybridized carbons (Fsp3) is 0.611. The van der Waals surface area contributed by atoms with E-state index in [-0.39, 0.29) is 44.5 Å². The first-order valence-corrected chi connectivity index (χ1v) is 10.5. The number of hydrogen-bond acceptors (Lipinski definition) is 8. The van der Waals surface area contributed by atoms with Crippen LogP contribution >= 0.6 is 9.03 Å². The van der Waals surface area contributed by atoms with E-state index >= 15 is 0 Å². The summed E-state index contributed by atoms with van der Waals surface area (Å²) in [5.41, 5.74) is 0.427. The molecule has 1 saturated heterocycles. The standard InChI is InChI=1S/C18H26N7O4P/c1-5-12-13(29-30-27-8-6-7-19)9-14(28-12)25-11-20-15-16(25)22-18(21-10-23(2)3)24(4)17(15)26/h10-14,30H,5-6,8-9H2,1-4H3/b21-10+/t12-,13-,14-/m1/s1. The molecule has 11 nitrogen and oxygen atoms in total. The Morgan fingerprint density at radius 3 is 3.03 bits per heavy atom. The molecule has 3 rings (SSSR count). The minimum absolute atomic E-state index is 0.114. The van der Waals surface area contributed by atoms with Crippen molar-refractivity contribution >= 4 is 32.5 Å². The highest BCUT2D eigenvalue weighted by Gasteiger charge is 2.37. The molecule has 30 heavy (non-hydrogen) atoms. The number of rotatable bonds is 9. The molecule has 0 bridgehead atoms. The van der Waals surface area contributed by atoms with Gasteiger partial charge in [0.15, 0.2) is 20.2 Å². The predicted octanol–water partition coefficient (Wildman–Crippen LogP) is 1.87. The normalized spacial score (nSPS) is 21.9. The largest absolute Gasteiger partial charge is 0.369 e. The highest BCUT2D eigenvalue weighted by Crippen LogP contribution is 2.37. The molecule has 4 atom stereocenters. The van der Waals surface area contributed by atoms with Gasteiger partial charge in [0, 0.05) is 27.6 Å². The van der Waals surface area contributed by atoms with Gasteiger partial charge in [0.2, 0.25) is 5.95 Å². The molecule has 1 fully saturated rings. The van der Waals surface area contributed by atoms with E-state index in [1.165, 1.54) is 4.57 Å². The molecule has 1 aliphatic heterocycles. The maximum absolute atomic E-state index is 12.7. The van der Waals surface area contributed by atoms with E-state index in [0.717, 1.165) is 6.42 Å². The van der Waals surface area contributed by atoms with E-state index in [9.17, 15) is 4.79 Å². The third-order valence-electron chi connectivity index (χ3n) is 4.65. The minimum atomic E-state index is -0.362. The molecule has 12 heteroatoms. The first kappa shape index (κ1) is 22.3. The van der Waals surface area contributed by atoms with Crippen molar-refractivity contribution in [1.82, 2.24) is 24.0 Å². The lowest BCUT2D eigenvalue weighted by atomic mass is 10.1. The molecule has 0 saturated carbocycles. The summed E-state index contributed by atoms with van der Waals surface area (Å²) in [6.45, 7) is 2.37. The van der Waals surface area contributed by atoms with Gasteiger partial charge >= 0.3 is 0 Å². The Bertz CT molecular complexity index is 997. The number of nitrogens with zero attached hydrogens (tertiary/aromatic N) is 7. The lowest BCUT2D eigenvalue weighted by molar-refractivity contribution is -0.0138. The number of aromatic nitrogens is 4. The smallest absolute Gasteiger partial charge is 0.282 e. The van der Waals surface area contributed by atoms with Crippen molar-refractivity contribution in [3.8, 4) is 6.07 Å². The van der Waals surface area contributed by atoms with Crippen LogP contribution in [0.3, 0.4) is 0 Å². The SMILES string of the molecule is CC[C@H]1O[C@@H](n2cnc3c(=O)n(C)c(/N=C/N(C)C)nc32)C[C@H]1OPOCCC#N. The molecule has 0 radical (unpaired) electrons. The molecule has 162 valence electrons. The van der Waals surface area contributed by atoms with Gasteiger partial charge < -0.3 is 18.7 Å². The summed E-state index contributed by atoms with van der Waals surface area (Å²) in [5, 5.41) is 8.56. The quantitative estimate of drug-likeness (QED) is 0.253. The zero-order valence-electron chi connectivity index (χ0n) is 17.5. The van der Waals surface area contributed by atoms with Crippen LogP contribution in [0.2, 0.25) is 0 Å². The van der Waals surface area contributed by atoms with Crippen LogP contribution in [0.5, 0.6) is 0 Å². The zero-order valence-corrected chi connectivity index (χ0v) is 18.5. The van der Waals surface area contributed by atoms with Crippen LogP contribution in [0.25, 0.3) is 11.2 Å². The Hall–Kier alpha value is -2.38. The summed E-state index contributed by atoms with van der Waals surface area (Å²) in [5.74, 6) is 0.285. The first-order valence-electron chi connectivity index (χ1n) is 9.65. The van der Waals surface area contributed by atoms with Gasteiger partial charge in [0.05, 0.1) is 44.0 Å². The number of hydrogen-bond donors (Lipinski definition) is 0. The third-order valence-corrected chi connectivity index (χ3v) is 5.37. The highest BCUT2D eigenvalue weighted by atomic mass is 31.1. The van der Waals surface area contributed by atoms with Crippen LogP contribution in [0.1, 0.15) is 32.4 Å². The molecule has 0 N–H and O–H groups in total. The maximum Gasteiger partial charge on any atom is 0.282 e. The van der Waals surface area contributed by atoms with Crippen molar-refractivity contribution in [3.05, 3.63) is 16.7 Å². The van der Waals surface area contributed by atoms with Gasteiger partial charge in [-0.15, -0.1) is 0 Å².